The number of carbonyl (C=O) groups excluding carboxylic acids is 1. The van der Waals surface area contributed by atoms with Crippen molar-refractivity contribution in [2.24, 2.45) is 5.92 Å². The maximum Gasteiger partial charge on any atom is 0.309 e. The number of halogens is 1. The normalized spacial score (nSPS) is 14.8. The van der Waals surface area contributed by atoms with Crippen LogP contribution in [0.4, 0.5) is 10.2 Å². The van der Waals surface area contributed by atoms with E-state index >= 15 is 0 Å². The Bertz CT molecular complexity index is 967. The highest BCUT2D eigenvalue weighted by Gasteiger charge is 2.26. The molecule has 0 amide bonds. The summed E-state index contributed by atoms with van der Waals surface area (Å²) in [4.78, 5) is 18.2. The molecule has 1 fully saturated rings. The molecule has 0 bridgehead atoms. The highest BCUT2D eigenvalue weighted by Crippen LogP contribution is 2.25. The highest BCUT2D eigenvalue weighted by atomic mass is 19.1. The molecule has 9 heteroatoms. The molecule has 1 aliphatic heterocycles. The fraction of sp³-hybridized carbons (Fsp3) is 0.350. The molecule has 2 aromatic heterocycles. The van der Waals surface area contributed by atoms with Crippen LogP contribution in [-0.2, 0) is 9.53 Å². The molecule has 3 heterocycles. The molecule has 0 radical (unpaired) electrons. The fourth-order valence-corrected chi connectivity index (χ4v) is 3.26. The summed E-state index contributed by atoms with van der Waals surface area (Å²) in [6.07, 6.45) is 1.46. The van der Waals surface area contributed by atoms with E-state index in [1.54, 1.807) is 18.2 Å². The van der Waals surface area contributed by atoms with Crippen LogP contribution < -0.4 is 4.90 Å². The van der Waals surface area contributed by atoms with Gasteiger partial charge in [-0.25, -0.2) is 4.39 Å². The summed E-state index contributed by atoms with van der Waals surface area (Å²) in [5.41, 5.74) is 1.10. The Labute approximate surface area is 166 Å². The van der Waals surface area contributed by atoms with Crippen molar-refractivity contribution in [1.82, 2.24) is 20.3 Å². The Morgan fingerprint density at radius 3 is 2.59 bits per heavy atom. The second-order valence-corrected chi connectivity index (χ2v) is 6.72. The van der Waals surface area contributed by atoms with Crippen LogP contribution in [-0.4, -0.2) is 46.0 Å². The molecule has 0 unspecified atom stereocenters. The average Bonchev–Trinajstić information content (AvgIpc) is 3.25. The number of carbonyl (C=O) groups is 1. The molecular formula is C20H20FN5O3. The number of piperidine rings is 1. The summed E-state index contributed by atoms with van der Waals surface area (Å²) >= 11 is 0. The van der Waals surface area contributed by atoms with Gasteiger partial charge >= 0.3 is 5.97 Å². The molecule has 0 aliphatic carbocycles. The van der Waals surface area contributed by atoms with Gasteiger partial charge in [0.1, 0.15) is 5.82 Å². The van der Waals surface area contributed by atoms with Gasteiger partial charge in [-0.05, 0) is 56.2 Å². The second kappa shape index (κ2) is 8.34. The van der Waals surface area contributed by atoms with Crippen molar-refractivity contribution >= 4 is 11.8 Å². The predicted octanol–water partition coefficient (Wildman–Crippen LogP) is 3.11. The van der Waals surface area contributed by atoms with Crippen molar-refractivity contribution in [3.63, 3.8) is 0 Å². The lowest BCUT2D eigenvalue weighted by Crippen LogP contribution is -2.37. The molecule has 8 nitrogen and oxygen atoms in total. The van der Waals surface area contributed by atoms with Gasteiger partial charge in [0.2, 0.25) is 5.82 Å². The summed E-state index contributed by atoms with van der Waals surface area (Å²) < 4.78 is 23.4. The van der Waals surface area contributed by atoms with Crippen molar-refractivity contribution in [1.29, 1.82) is 0 Å². The Morgan fingerprint density at radius 1 is 1.17 bits per heavy atom. The number of hydrogen-bond donors (Lipinski definition) is 0. The molecular weight excluding hydrogens is 377 g/mol. The van der Waals surface area contributed by atoms with E-state index in [9.17, 15) is 9.18 Å². The summed E-state index contributed by atoms with van der Waals surface area (Å²) in [5, 5.41) is 12.4. The molecule has 150 valence electrons. The van der Waals surface area contributed by atoms with Crippen LogP contribution in [0.15, 0.2) is 40.9 Å². The zero-order valence-corrected chi connectivity index (χ0v) is 15.9. The number of hydrogen-bond acceptors (Lipinski definition) is 8. The Hall–Kier alpha value is -3.36. The van der Waals surface area contributed by atoms with Crippen LogP contribution in [0.3, 0.4) is 0 Å². The third-order valence-corrected chi connectivity index (χ3v) is 4.84. The molecule has 1 saturated heterocycles. The highest BCUT2D eigenvalue weighted by molar-refractivity contribution is 5.72. The second-order valence-electron chi connectivity index (χ2n) is 6.72. The van der Waals surface area contributed by atoms with E-state index in [0.717, 1.165) is 18.7 Å². The molecule has 3 aromatic rings. The predicted molar refractivity (Wildman–Crippen MR) is 102 cm³/mol. The lowest BCUT2D eigenvalue weighted by atomic mass is 9.97. The van der Waals surface area contributed by atoms with E-state index in [4.69, 9.17) is 9.26 Å². The number of aromatic nitrogens is 4. The van der Waals surface area contributed by atoms with Crippen molar-refractivity contribution in [2.45, 2.75) is 19.8 Å². The monoisotopic (exact) mass is 397 g/mol. The number of benzene rings is 1. The zero-order chi connectivity index (χ0) is 20.2. The topological polar surface area (TPSA) is 94.2 Å². The molecule has 0 saturated carbocycles. The van der Waals surface area contributed by atoms with E-state index in [-0.39, 0.29) is 23.6 Å². The van der Waals surface area contributed by atoms with Gasteiger partial charge in [0.25, 0.3) is 5.89 Å². The quantitative estimate of drug-likeness (QED) is 0.606. The number of nitrogens with zero attached hydrogens (tertiary/aromatic N) is 5. The summed E-state index contributed by atoms with van der Waals surface area (Å²) in [6, 6.07) is 9.45. The van der Waals surface area contributed by atoms with Gasteiger partial charge < -0.3 is 14.2 Å². The molecule has 1 aromatic carbocycles. The Balaban J connectivity index is 1.41. The lowest BCUT2D eigenvalue weighted by Gasteiger charge is -2.31. The van der Waals surface area contributed by atoms with E-state index in [1.807, 2.05) is 13.0 Å². The van der Waals surface area contributed by atoms with Gasteiger partial charge in [-0.15, -0.1) is 10.2 Å². The average molecular weight is 397 g/mol. The fourth-order valence-electron chi connectivity index (χ4n) is 3.26. The smallest absolute Gasteiger partial charge is 0.309 e. The van der Waals surface area contributed by atoms with Gasteiger partial charge in [0, 0.05) is 18.7 Å². The van der Waals surface area contributed by atoms with Gasteiger partial charge in [0.15, 0.2) is 11.5 Å². The number of rotatable bonds is 5. The number of esters is 1. The van der Waals surface area contributed by atoms with Crippen LogP contribution in [0.5, 0.6) is 0 Å². The van der Waals surface area contributed by atoms with Gasteiger partial charge in [-0.1, -0.05) is 5.16 Å². The third kappa shape index (κ3) is 4.23. The maximum absolute atomic E-state index is 13.0. The summed E-state index contributed by atoms with van der Waals surface area (Å²) in [5.74, 6) is 0.819. The minimum atomic E-state index is -0.329. The van der Waals surface area contributed by atoms with Crippen molar-refractivity contribution in [3.8, 4) is 23.0 Å². The molecule has 0 N–H and O–H groups in total. The molecule has 1 aliphatic rings. The van der Waals surface area contributed by atoms with E-state index in [0.29, 0.717) is 36.8 Å². The first kappa shape index (κ1) is 19.0. The summed E-state index contributed by atoms with van der Waals surface area (Å²) in [6.45, 7) is 3.65. The van der Waals surface area contributed by atoms with Gasteiger partial charge in [-0.2, -0.15) is 4.98 Å². The number of anilines is 1. The molecule has 4 rings (SSSR count). The van der Waals surface area contributed by atoms with Crippen LogP contribution in [0, 0.1) is 11.7 Å². The van der Waals surface area contributed by atoms with E-state index in [1.165, 1.54) is 12.1 Å². The van der Waals surface area contributed by atoms with Gasteiger partial charge in [-0.3, -0.25) is 4.79 Å². The van der Waals surface area contributed by atoms with Crippen molar-refractivity contribution < 1.29 is 18.4 Å². The van der Waals surface area contributed by atoms with Crippen LogP contribution >= 0.6 is 0 Å². The SMILES string of the molecule is CCOC(=O)C1CCN(c2ccc(-c3nc(-c4ccc(F)cc4)no3)nn2)CC1. The van der Waals surface area contributed by atoms with Gasteiger partial charge in [0.05, 0.1) is 12.5 Å². The molecule has 0 atom stereocenters. The van der Waals surface area contributed by atoms with Crippen LogP contribution in [0.25, 0.3) is 23.0 Å². The first-order chi connectivity index (χ1) is 14.1. The standard InChI is InChI=1S/C20H20FN5O3/c1-2-28-20(27)14-9-11-26(12-10-14)17-8-7-16(23-24-17)19-22-18(25-29-19)13-3-5-15(21)6-4-13/h3-8,14H,2,9-12H2,1H3. The number of ether oxygens (including phenoxy) is 1. The largest absolute Gasteiger partial charge is 0.466 e. The summed E-state index contributed by atoms with van der Waals surface area (Å²) in [7, 11) is 0. The van der Waals surface area contributed by atoms with Crippen LogP contribution in [0.2, 0.25) is 0 Å². The van der Waals surface area contributed by atoms with E-state index in [2.05, 4.69) is 25.2 Å². The first-order valence-electron chi connectivity index (χ1n) is 9.49. The maximum atomic E-state index is 13.0. The minimum absolute atomic E-state index is 0.0540. The lowest BCUT2D eigenvalue weighted by molar-refractivity contribution is -0.148. The first-order valence-corrected chi connectivity index (χ1v) is 9.49. The van der Waals surface area contributed by atoms with E-state index < -0.39 is 0 Å². The molecule has 29 heavy (non-hydrogen) atoms. The van der Waals surface area contributed by atoms with Crippen LogP contribution in [0.1, 0.15) is 19.8 Å². The zero-order valence-electron chi connectivity index (χ0n) is 15.9. The molecule has 0 spiro atoms. The third-order valence-electron chi connectivity index (χ3n) is 4.84. The minimum Gasteiger partial charge on any atom is -0.466 e. The Morgan fingerprint density at radius 2 is 1.93 bits per heavy atom. The van der Waals surface area contributed by atoms with Crippen molar-refractivity contribution in [3.05, 3.63) is 42.2 Å². The van der Waals surface area contributed by atoms with Crippen molar-refractivity contribution in [2.75, 3.05) is 24.6 Å². The Kier molecular flexibility index (Phi) is 5.46.